The Bertz CT molecular complexity index is 927. The third-order valence-corrected chi connectivity index (χ3v) is 5.39. The van der Waals surface area contributed by atoms with Crippen LogP contribution in [0.5, 0.6) is 0 Å². The summed E-state index contributed by atoms with van der Waals surface area (Å²) in [5.74, 6) is 0.546. The number of rotatable bonds is 5. The van der Waals surface area contributed by atoms with Gasteiger partial charge in [-0.3, -0.25) is 9.59 Å². The smallest absolute Gasteiger partial charge is 0.254 e. The number of carbonyl (C=O) groups excluding carboxylic acids is 2. The minimum atomic E-state index is -0.561. The van der Waals surface area contributed by atoms with Crippen molar-refractivity contribution in [2.45, 2.75) is 12.5 Å². The highest BCUT2D eigenvalue weighted by Gasteiger charge is 2.22. The molecule has 2 saturated heterocycles. The lowest BCUT2D eigenvalue weighted by Gasteiger charge is -2.26. The molecule has 2 aromatic rings. The number of nitrogens with one attached hydrogen (secondary N) is 1. The molecule has 2 aliphatic rings. The number of morpholine rings is 1. The van der Waals surface area contributed by atoms with Crippen molar-refractivity contribution < 1.29 is 14.3 Å². The van der Waals surface area contributed by atoms with Crippen molar-refractivity contribution in [3.63, 3.8) is 0 Å². The summed E-state index contributed by atoms with van der Waals surface area (Å²) in [6.45, 7) is 3.86. The Balaban J connectivity index is 1.52. The van der Waals surface area contributed by atoms with E-state index in [-0.39, 0.29) is 11.9 Å². The van der Waals surface area contributed by atoms with Gasteiger partial charge in [0.2, 0.25) is 0 Å². The summed E-state index contributed by atoms with van der Waals surface area (Å²) in [6, 6.07) is 10.7. The van der Waals surface area contributed by atoms with Gasteiger partial charge in [-0.2, -0.15) is 0 Å². The van der Waals surface area contributed by atoms with E-state index in [2.05, 4.69) is 15.2 Å². The van der Waals surface area contributed by atoms with Crippen molar-refractivity contribution in [2.24, 2.45) is 11.5 Å². The summed E-state index contributed by atoms with van der Waals surface area (Å²) in [7, 11) is 0. The molecular formula is C21H26N6O3. The van der Waals surface area contributed by atoms with Crippen LogP contribution in [0.4, 0.5) is 17.3 Å². The Morgan fingerprint density at radius 2 is 1.80 bits per heavy atom. The Kier molecular flexibility index (Phi) is 5.82. The highest BCUT2D eigenvalue weighted by Crippen LogP contribution is 2.25. The molecule has 9 nitrogen and oxygen atoms in total. The van der Waals surface area contributed by atoms with Gasteiger partial charge >= 0.3 is 0 Å². The summed E-state index contributed by atoms with van der Waals surface area (Å²) in [5.41, 5.74) is 13.1. The number of hydrogen-bond acceptors (Lipinski definition) is 7. The zero-order valence-electron chi connectivity index (χ0n) is 16.7. The number of carbonyl (C=O) groups is 2. The molecule has 2 fully saturated rings. The number of anilines is 3. The molecule has 0 radical (unpaired) electrons. The van der Waals surface area contributed by atoms with Crippen LogP contribution in [0, 0.1) is 0 Å². The van der Waals surface area contributed by atoms with Crippen LogP contribution in [0.2, 0.25) is 0 Å². The van der Waals surface area contributed by atoms with Gasteiger partial charge in [-0.05, 0) is 42.8 Å². The molecule has 0 unspecified atom stereocenters. The number of aromatic nitrogens is 1. The van der Waals surface area contributed by atoms with Gasteiger partial charge in [-0.1, -0.05) is 0 Å². The zero-order chi connectivity index (χ0) is 21.1. The van der Waals surface area contributed by atoms with Crippen LogP contribution in [0.3, 0.4) is 0 Å². The van der Waals surface area contributed by atoms with E-state index in [1.807, 2.05) is 0 Å². The van der Waals surface area contributed by atoms with Crippen molar-refractivity contribution in [1.82, 2.24) is 9.88 Å². The molecule has 2 amide bonds. The molecule has 1 aromatic heterocycles. The second-order valence-electron chi connectivity index (χ2n) is 7.53. The number of hydrogen-bond donors (Lipinski definition) is 3. The average Bonchev–Trinajstić information content (AvgIpc) is 3.20. The van der Waals surface area contributed by atoms with Crippen LogP contribution in [0.1, 0.15) is 27.1 Å². The first-order valence-electron chi connectivity index (χ1n) is 10.1. The second kappa shape index (κ2) is 8.68. The first-order valence-corrected chi connectivity index (χ1v) is 10.1. The molecule has 0 saturated carbocycles. The van der Waals surface area contributed by atoms with Crippen molar-refractivity contribution in [1.29, 1.82) is 0 Å². The van der Waals surface area contributed by atoms with Gasteiger partial charge in [0.15, 0.2) is 0 Å². The maximum Gasteiger partial charge on any atom is 0.254 e. The average molecular weight is 410 g/mol. The first kappa shape index (κ1) is 20.1. The largest absolute Gasteiger partial charge is 0.378 e. The van der Waals surface area contributed by atoms with E-state index in [0.29, 0.717) is 48.9 Å². The third kappa shape index (κ3) is 4.37. The molecular weight excluding hydrogens is 384 g/mol. The zero-order valence-corrected chi connectivity index (χ0v) is 16.7. The Morgan fingerprint density at radius 1 is 1.07 bits per heavy atom. The molecule has 3 heterocycles. The van der Waals surface area contributed by atoms with Crippen LogP contribution in [0.25, 0.3) is 0 Å². The third-order valence-electron chi connectivity index (χ3n) is 5.39. The Morgan fingerprint density at radius 3 is 2.43 bits per heavy atom. The number of nitrogens with two attached hydrogens (primary N) is 2. The number of ether oxygens (including phenoxy) is 1. The maximum absolute atomic E-state index is 12.6. The number of primary amides is 1. The topological polar surface area (TPSA) is 127 Å². The second-order valence-corrected chi connectivity index (χ2v) is 7.53. The molecule has 9 heteroatoms. The number of nitrogens with zero attached hydrogens (tertiary/aromatic N) is 3. The van der Waals surface area contributed by atoms with Gasteiger partial charge in [0.1, 0.15) is 11.6 Å². The van der Waals surface area contributed by atoms with E-state index in [1.165, 1.54) is 0 Å². The molecule has 0 bridgehead atoms. The van der Waals surface area contributed by atoms with E-state index in [1.54, 1.807) is 41.3 Å². The normalized spacial score (nSPS) is 19.0. The first-order chi connectivity index (χ1) is 14.5. The Hall–Kier alpha value is -3.17. The molecule has 4 rings (SSSR count). The number of benzene rings is 1. The van der Waals surface area contributed by atoms with Gasteiger partial charge < -0.3 is 31.3 Å². The lowest BCUT2D eigenvalue weighted by atomic mass is 10.1. The van der Waals surface area contributed by atoms with E-state index < -0.39 is 5.91 Å². The molecule has 1 aromatic carbocycles. The van der Waals surface area contributed by atoms with E-state index in [0.717, 1.165) is 25.3 Å². The maximum atomic E-state index is 12.6. The minimum Gasteiger partial charge on any atom is -0.378 e. The fourth-order valence-corrected chi connectivity index (χ4v) is 3.70. The summed E-state index contributed by atoms with van der Waals surface area (Å²) < 4.78 is 5.30. The molecule has 5 N–H and O–H groups in total. The highest BCUT2D eigenvalue weighted by atomic mass is 16.5. The quantitative estimate of drug-likeness (QED) is 0.669. The number of pyridine rings is 1. The van der Waals surface area contributed by atoms with E-state index in [9.17, 15) is 9.59 Å². The van der Waals surface area contributed by atoms with E-state index >= 15 is 0 Å². The van der Waals surface area contributed by atoms with Crippen LogP contribution < -0.4 is 21.7 Å². The molecule has 30 heavy (non-hydrogen) atoms. The molecule has 2 aliphatic heterocycles. The van der Waals surface area contributed by atoms with Crippen molar-refractivity contribution in [3.8, 4) is 0 Å². The molecule has 0 aliphatic carbocycles. The highest BCUT2D eigenvalue weighted by molar-refractivity contribution is 5.99. The Labute approximate surface area is 175 Å². The summed E-state index contributed by atoms with van der Waals surface area (Å²) >= 11 is 0. The summed E-state index contributed by atoms with van der Waals surface area (Å²) in [5, 5.41) is 3.16. The van der Waals surface area contributed by atoms with Crippen LogP contribution in [-0.4, -0.2) is 67.1 Å². The van der Waals surface area contributed by atoms with Crippen LogP contribution in [0.15, 0.2) is 36.4 Å². The van der Waals surface area contributed by atoms with Gasteiger partial charge in [0.25, 0.3) is 11.8 Å². The van der Waals surface area contributed by atoms with Crippen molar-refractivity contribution in [3.05, 3.63) is 47.5 Å². The predicted octanol–water partition coefficient (Wildman–Crippen LogP) is 0.934. The van der Waals surface area contributed by atoms with Gasteiger partial charge in [-0.15, -0.1) is 0 Å². The summed E-state index contributed by atoms with van der Waals surface area (Å²) in [6.07, 6.45) is 0.903. The van der Waals surface area contributed by atoms with Crippen LogP contribution >= 0.6 is 0 Å². The van der Waals surface area contributed by atoms with Gasteiger partial charge in [0, 0.05) is 43.5 Å². The monoisotopic (exact) mass is 410 g/mol. The van der Waals surface area contributed by atoms with Gasteiger partial charge in [0.05, 0.1) is 18.8 Å². The lowest BCUT2D eigenvalue weighted by molar-refractivity contribution is 0.0303. The fourth-order valence-electron chi connectivity index (χ4n) is 3.70. The lowest BCUT2D eigenvalue weighted by Crippen LogP contribution is -2.40. The number of amides is 2. The molecule has 1 atom stereocenters. The fraction of sp³-hybridized carbons (Fsp3) is 0.381. The standard InChI is InChI=1S/C21H26N6O3/c22-15-7-8-27(13-15)18-6-5-17(19(23)28)20(25-18)24-16-3-1-14(2-4-16)21(29)26-9-11-30-12-10-26/h1-6,15H,7-13,22H2,(H2,23,28)(H,24,25)/t15-/m0/s1. The van der Waals surface area contributed by atoms with Gasteiger partial charge in [-0.25, -0.2) is 4.98 Å². The molecule has 158 valence electrons. The predicted molar refractivity (Wildman–Crippen MR) is 114 cm³/mol. The van der Waals surface area contributed by atoms with Crippen LogP contribution in [-0.2, 0) is 4.74 Å². The summed E-state index contributed by atoms with van der Waals surface area (Å²) in [4.78, 5) is 32.9. The van der Waals surface area contributed by atoms with Crippen molar-refractivity contribution >= 4 is 29.1 Å². The minimum absolute atomic E-state index is 0.0202. The SMILES string of the molecule is NC(=O)c1ccc(N2CC[C@H](N)C2)nc1Nc1ccc(C(=O)N2CCOCC2)cc1. The van der Waals surface area contributed by atoms with Crippen molar-refractivity contribution in [2.75, 3.05) is 49.6 Å². The van der Waals surface area contributed by atoms with E-state index in [4.69, 9.17) is 16.2 Å². The molecule has 0 spiro atoms.